The van der Waals surface area contributed by atoms with Crippen molar-refractivity contribution in [2.75, 3.05) is 6.54 Å². The minimum Gasteiger partial charge on any atom is -0.313 e. The van der Waals surface area contributed by atoms with E-state index in [1.165, 1.54) is 16.7 Å². The second-order valence-electron chi connectivity index (χ2n) is 4.14. The summed E-state index contributed by atoms with van der Waals surface area (Å²) in [4.78, 5) is 0. The van der Waals surface area contributed by atoms with Gasteiger partial charge in [0.2, 0.25) is 0 Å². The molecule has 0 amide bonds. The number of hydrogen-bond donors (Lipinski definition) is 1. The molecular formula is C13H21N. The monoisotopic (exact) mass is 191 g/mol. The lowest BCUT2D eigenvalue weighted by Crippen LogP contribution is -2.13. The Morgan fingerprint density at radius 1 is 1.29 bits per heavy atom. The largest absolute Gasteiger partial charge is 0.313 e. The van der Waals surface area contributed by atoms with Crippen molar-refractivity contribution in [3.8, 4) is 0 Å². The van der Waals surface area contributed by atoms with Gasteiger partial charge >= 0.3 is 0 Å². The van der Waals surface area contributed by atoms with Crippen LogP contribution in [0, 0.1) is 6.92 Å². The third-order valence-corrected chi connectivity index (χ3v) is 2.49. The number of nitrogens with one attached hydrogen (secondary N) is 1. The van der Waals surface area contributed by atoms with E-state index in [9.17, 15) is 0 Å². The molecule has 0 aliphatic rings. The fourth-order valence-corrected chi connectivity index (χ4v) is 1.67. The Bertz CT molecular complexity index is 289. The van der Waals surface area contributed by atoms with Crippen molar-refractivity contribution in [2.24, 2.45) is 0 Å². The molecule has 0 saturated heterocycles. The molecular weight excluding hydrogens is 170 g/mol. The Kier molecular flexibility index (Phi) is 4.15. The highest BCUT2D eigenvalue weighted by molar-refractivity contribution is 5.33. The molecule has 1 heteroatoms. The van der Waals surface area contributed by atoms with Crippen molar-refractivity contribution >= 4 is 0 Å². The van der Waals surface area contributed by atoms with Gasteiger partial charge in [-0.15, -0.1) is 0 Å². The summed E-state index contributed by atoms with van der Waals surface area (Å²) in [7, 11) is 0. The summed E-state index contributed by atoms with van der Waals surface area (Å²) in [5.41, 5.74) is 4.27. The van der Waals surface area contributed by atoms with Crippen LogP contribution in [-0.2, 0) is 6.54 Å². The lowest BCUT2D eigenvalue weighted by Gasteiger charge is -2.13. The Morgan fingerprint density at radius 2 is 2.00 bits per heavy atom. The molecule has 0 radical (unpaired) electrons. The Morgan fingerprint density at radius 3 is 2.57 bits per heavy atom. The summed E-state index contributed by atoms with van der Waals surface area (Å²) < 4.78 is 0. The second kappa shape index (κ2) is 5.16. The maximum atomic E-state index is 3.38. The van der Waals surface area contributed by atoms with Gasteiger partial charge in [-0.05, 0) is 30.5 Å². The topological polar surface area (TPSA) is 12.0 Å². The average Bonchev–Trinajstić information content (AvgIpc) is 2.15. The molecule has 0 spiro atoms. The maximum absolute atomic E-state index is 3.38. The SMILES string of the molecule is CCNCc1ccc(C)cc1C(C)C. The second-order valence-corrected chi connectivity index (χ2v) is 4.14. The summed E-state index contributed by atoms with van der Waals surface area (Å²) in [6, 6.07) is 6.74. The molecule has 14 heavy (non-hydrogen) atoms. The van der Waals surface area contributed by atoms with E-state index in [0.717, 1.165) is 13.1 Å². The van der Waals surface area contributed by atoms with Crippen molar-refractivity contribution in [3.05, 3.63) is 34.9 Å². The lowest BCUT2D eigenvalue weighted by atomic mass is 9.95. The molecule has 0 atom stereocenters. The molecule has 78 valence electrons. The minimum absolute atomic E-state index is 0.614. The van der Waals surface area contributed by atoms with Crippen molar-refractivity contribution in [1.82, 2.24) is 5.32 Å². The highest BCUT2D eigenvalue weighted by Gasteiger charge is 2.05. The summed E-state index contributed by atoms with van der Waals surface area (Å²) in [5.74, 6) is 0.614. The first-order valence-corrected chi connectivity index (χ1v) is 5.45. The average molecular weight is 191 g/mol. The molecule has 0 bridgehead atoms. The Balaban J connectivity index is 2.90. The first-order chi connectivity index (χ1) is 6.65. The van der Waals surface area contributed by atoms with Gasteiger partial charge in [-0.1, -0.05) is 44.5 Å². The van der Waals surface area contributed by atoms with E-state index in [-0.39, 0.29) is 0 Å². The van der Waals surface area contributed by atoms with Crippen LogP contribution in [0.5, 0.6) is 0 Å². The third kappa shape index (κ3) is 2.85. The molecule has 0 saturated carbocycles. The number of rotatable bonds is 4. The van der Waals surface area contributed by atoms with Crippen LogP contribution < -0.4 is 5.32 Å². The van der Waals surface area contributed by atoms with Crippen LogP contribution in [0.1, 0.15) is 43.4 Å². The minimum atomic E-state index is 0.614. The van der Waals surface area contributed by atoms with Crippen molar-refractivity contribution in [1.29, 1.82) is 0 Å². The molecule has 1 nitrogen and oxygen atoms in total. The normalized spacial score (nSPS) is 10.9. The molecule has 0 aromatic heterocycles. The molecule has 1 N–H and O–H groups in total. The van der Waals surface area contributed by atoms with Gasteiger partial charge < -0.3 is 5.32 Å². The predicted molar refractivity (Wildman–Crippen MR) is 62.6 cm³/mol. The van der Waals surface area contributed by atoms with Gasteiger partial charge in [0.15, 0.2) is 0 Å². The van der Waals surface area contributed by atoms with E-state index < -0.39 is 0 Å². The summed E-state index contributed by atoms with van der Waals surface area (Å²) >= 11 is 0. The van der Waals surface area contributed by atoms with Gasteiger partial charge in [-0.25, -0.2) is 0 Å². The lowest BCUT2D eigenvalue weighted by molar-refractivity contribution is 0.710. The molecule has 1 rings (SSSR count). The number of aryl methyl sites for hydroxylation is 1. The van der Waals surface area contributed by atoms with Crippen molar-refractivity contribution in [2.45, 2.75) is 40.2 Å². The highest BCUT2D eigenvalue weighted by atomic mass is 14.8. The van der Waals surface area contributed by atoms with E-state index in [1.807, 2.05) is 0 Å². The molecule has 0 heterocycles. The van der Waals surface area contributed by atoms with Gasteiger partial charge in [0.25, 0.3) is 0 Å². The van der Waals surface area contributed by atoms with Crippen LogP contribution in [0.2, 0.25) is 0 Å². The zero-order valence-corrected chi connectivity index (χ0v) is 9.72. The quantitative estimate of drug-likeness (QED) is 0.770. The molecule has 0 aliphatic carbocycles. The molecule has 1 aromatic carbocycles. The van der Waals surface area contributed by atoms with E-state index in [4.69, 9.17) is 0 Å². The van der Waals surface area contributed by atoms with Gasteiger partial charge in [0, 0.05) is 6.54 Å². The number of hydrogen-bond acceptors (Lipinski definition) is 1. The standard InChI is InChI=1S/C13H21N/c1-5-14-9-12-7-6-11(4)8-13(12)10(2)3/h6-8,10,14H,5,9H2,1-4H3. The molecule has 0 aliphatic heterocycles. The van der Waals surface area contributed by atoms with Crippen LogP contribution in [0.25, 0.3) is 0 Å². The van der Waals surface area contributed by atoms with Crippen molar-refractivity contribution < 1.29 is 0 Å². The summed E-state index contributed by atoms with van der Waals surface area (Å²) in [6.45, 7) is 10.8. The Hall–Kier alpha value is -0.820. The van der Waals surface area contributed by atoms with Gasteiger partial charge in [0.05, 0.1) is 0 Å². The zero-order chi connectivity index (χ0) is 10.6. The van der Waals surface area contributed by atoms with Crippen LogP contribution in [0.15, 0.2) is 18.2 Å². The summed E-state index contributed by atoms with van der Waals surface area (Å²) in [6.07, 6.45) is 0. The fraction of sp³-hybridized carbons (Fsp3) is 0.538. The van der Waals surface area contributed by atoms with Crippen molar-refractivity contribution in [3.63, 3.8) is 0 Å². The Labute approximate surface area is 87.5 Å². The van der Waals surface area contributed by atoms with Crippen LogP contribution in [-0.4, -0.2) is 6.54 Å². The molecule has 0 unspecified atom stereocenters. The van der Waals surface area contributed by atoms with Crippen LogP contribution in [0.4, 0.5) is 0 Å². The van der Waals surface area contributed by atoms with Crippen LogP contribution in [0.3, 0.4) is 0 Å². The van der Waals surface area contributed by atoms with Crippen LogP contribution >= 0.6 is 0 Å². The number of benzene rings is 1. The fourth-order valence-electron chi connectivity index (χ4n) is 1.67. The zero-order valence-electron chi connectivity index (χ0n) is 9.72. The smallest absolute Gasteiger partial charge is 0.0208 e. The molecule has 0 fully saturated rings. The first-order valence-electron chi connectivity index (χ1n) is 5.45. The van der Waals surface area contributed by atoms with Gasteiger partial charge in [-0.2, -0.15) is 0 Å². The van der Waals surface area contributed by atoms with E-state index in [0.29, 0.717) is 5.92 Å². The van der Waals surface area contributed by atoms with E-state index >= 15 is 0 Å². The van der Waals surface area contributed by atoms with Gasteiger partial charge in [-0.3, -0.25) is 0 Å². The first kappa shape index (κ1) is 11.3. The highest BCUT2D eigenvalue weighted by Crippen LogP contribution is 2.20. The van der Waals surface area contributed by atoms with Gasteiger partial charge in [0.1, 0.15) is 0 Å². The summed E-state index contributed by atoms with van der Waals surface area (Å²) in [5, 5.41) is 3.38. The van der Waals surface area contributed by atoms with E-state index in [1.54, 1.807) is 0 Å². The molecule has 1 aromatic rings. The maximum Gasteiger partial charge on any atom is 0.0208 e. The van der Waals surface area contributed by atoms with E-state index in [2.05, 4.69) is 51.2 Å². The predicted octanol–water partition coefficient (Wildman–Crippen LogP) is 3.23. The third-order valence-electron chi connectivity index (χ3n) is 2.49.